The Morgan fingerprint density at radius 2 is 1.73 bits per heavy atom. The van der Waals surface area contributed by atoms with E-state index in [0.29, 0.717) is 50.3 Å². The molecule has 214 valence electrons. The van der Waals surface area contributed by atoms with Gasteiger partial charge in [-0.25, -0.2) is 4.79 Å². The summed E-state index contributed by atoms with van der Waals surface area (Å²) < 4.78 is 0. The Bertz CT molecular complexity index is 1380. The second kappa shape index (κ2) is 12.6. The number of benzene rings is 2. The minimum Gasteiger partial charge on any atom is -0.338 e. The summed E-state index contributed by atoms with van der Waals surface area (Å²) in [6, 6.07) is 16.6. The minimum absolute atomic E-state index is 0.0879. The number of hydrogen-bond donors (Lipinski definition) is 2. The molecular weight excluding hydrogens is 542 g/mol. The van der Waals surface area contributed by atoms with Crippen molar-refractivity contribution in [3.63, 3.8) is 0 Å². The molecule has 2 N–H and O–H groups in total. The molecule has 10 nitrogen and oxygen atoms in total. The molecule has 0 spiro atoms. The average Bonchev–Trinajstić information content (AvgIpc) is 3.66. The number of nitrogens with one attached hydrogen (secondary N) is 2. The molecule has 2 aromatic carbocycles. The number of nitro benzene ring substituents is 1. The van der Waals surface area contributed by atoms with Gasteiger partial charge in [0, 0.05) is 61.2 Å². The van der Waals surface area contributed by atoms with E-state index in [4.69, 9.17) is 0 Å². The Balaban J connectivity index is 1.72. The third-order valence-corrected chi connectivity index (χ3v) is 8.74. The van der Waals surface area contributed by atoms with Gasteiger partial charge in [-0.15, -0.1) is 11.3 Å². The molecule has 2 aliphatic heterocycles. The lowest BCUT2D eigenvalue weighted by atomic mass is 9.77. The van der Waals surface area contributed by atoms with Crippen LogP contribution >= 0.6 is 11.3 Å². The summed E-state index contributed by atoms with van der Waals surface area (Å²) in [6.45, 7) is 4.58. The maximum atomic E-state index is 14.4. The molecule has 0 aliphatic carbocycles. The lowest BCUT2D eigenvalue weighted by Crippen LogP contribution is -2.56. The predicted octanol–water partition coefficient (Wildman–Crippen LogP) is 4.22. The number of rotatable bonds is 8. The Labute approximate surface area is 242 Å². The van der Waals surface area contributed by atoms with Crippen molar-refractivity contribution in [1.82, 2.24) is 20.4 Å². The number of amides is 3. The van der Waals surface area contributed by atoms with Gasteiger partial charge in [0.25, 0.3) is 5.69 Å². The summed E-state index contributed by atoms with van der Waals surface area (Å²) in [4.78, 5) is 57.9. The number of carbonyl (C=O) groups excluding carboxylic acids is 3. The number of non-ortho nitro benzene ring substituents is 1. The first-order valence-corrected chi connectivity index (χ1v) is 14.7. The van der Waals surface area contributed by atoms with E-state index < -0.39 is 34.9 Å². The average molecular weight is 576 g/mol. The number of ketones is 1. The first-order valence-electron chi connectivity index (χ1n) is 13.8. The number of nitrogens with zero attached hydrogens (tertiary/aromatic N) is 3. The Morgan fingerprint density at radius 1 is 1.02 bits per heavy atom. The minimum atomic E-state index is -0.990. The zero-order valence-corrected chi connectivity index (χ0v) is 23.6. The second-order valence-corrected chi connectivity index (χ2v) is 11.2. The number of piperazine rings is 1. The number of thiophene rings is 1. The van der Waals surface area contributed by atoms with Gasteiger partial charge in [-0.2, -0.15) is 0 Å². The maximum Gasteiger partial charge on any atom is 0.318 e. The zero-order chi connectivity index (χ0) is 28.9. The van der Waals surface area contributed by atoms with E-state index >= 15 is 0 Å². The Kier molecular flexibility index (Phi) is 8.75. The molecule has 0 radical (unpaired) electrons. The fraction of sp³-hybridized carbons (Fsp3) is 0.367. The Hall–Kier alpha value is -4.09. The third-order valence-electron chi connectivity index (χ3n) is 7.79. The van der Waals surface area contributed by atoms with Gasteiger partial charge >= 0.3 is 6.03 Å². The van der Waals surface area contributed by atoms with Crippen molar-refractivity contribution in [1.29, 1.82) is 0 Å². The van der Waals surface area contributed by atoms with Gasteiger partial charge in [0.2, 0.25) is 5.91 Å². The molecule has 11 heteroatoms. The second-order valence-electron chi connectivity index (χ2n) is 10.3. The zero-order valence-electron chi connectivity index (χ0n) is 22.8. The van der Waals surface area contributed by atoms with Crippen molar-refractivity contribution in [2.75, 3.05) is 32.7 Å². The van der Waals surface area contributed by atoms with Crippen molar-refractivity contribution in [2.45, 2.75) is 31.3 Å². The summed E-state index contributed by atoms with van der Waals surface area (Å²) in [5.74, 6) is -1.95. The number of hydrogen-bond acceptors (Lipinski definition) is 7. The lowest BCUT2D eigenvalue weighted by molar-refractivity contribution is -0.384. The number of likely N-dealkylation sites (tertiary alicyclic amines) is 1. The summed E-state index contributed by atoms with van der Waals surface area (Å²) in [5, 5.41) is 19.6. The van der Waals surface area contributed by atoms with Crippen molar-refractivity contribution >= 4 is 34.7 Å². The topological polar surface area (TPSA) is 125 Å². The monoisotopic (exact) mass is 575 g/mol. The third kappa shape index (κ3) is 5.73. The van der Waals surface area contributed by atoms with E-state index in [-0.39, 0.29) is 17.4 Å². The number of Topliss-reactive ketones (excluding diaryl/α,β-unsaturated/α-hetero) is 1. The van der Waals surface area contributed by atoms with Crippen LogP contribution in [0, 0.1) is 16.0 Å². The molecule has 41 heavy (non-hydrogen) atoms. The molecule has 2 saturated heterocycles. The summed E-state index contributed by atoms with van der Waals surface area (Å²) >= 11 is 1.44. The molecule has 4 atom stereocenters. The Morgan fingerprint density at radius 3 is 2.34 bits per heavy atom. The standard InChI is InChI=1S/C30H33N5O5S/c1-2-14-32-30(38)34-26(23-9-6-19-41-23)25(28(36)21-7-4-3-5-8-21)24(20-10-12-22(13-11-20)35(39)40)27(34)29(37)33-17-15-31-16-18-33/h3-13,19,24-27,31H,2,14-18H2,1H3,(H,32,38). The van der Waals surface area contributed by atoms with Crippen molar-refractivity contribution in [2.24, 2.45) is 5.92 Å². The summed E-state index contributed by atoms with van der Waals surface area (Å²) in [7, 11) is 0. The molecule has 4 unspecified atom stereocenters. The molecule has 3 aromatic rings. The number of urea groups is 1. The van der Waals surface area contributed by atoms with Crippen LogP contribution in [0.15, 0.2) is 72.1 Å². The summed E-state index contributed by atoms with van der Waals surface area (Å²) in [6.07, 6.45) is 0.706. The van der Waals surface area contributed by atoms with Gasteiger partial charge in [0.05, 0.1) is 16.9 Å². The van der Waals surface area contributed by atoms with Crippen LogP contribution in [0.1, 0.15) is 46.1 Å². The van der Waals surface area contributed by atoms with Gasteiger partial charge in [-0.3, -0.25) is 19.7 Å². The van der Waals surface area contributed by atoms with E-state index in [1.54, 1.807) is 46.2 Å². The van der Waals surface area contributed by atoms with E-state index in [2.05, 4.69) is 10.6 Å². The van der Waals surface area contributed by atoms with Crippen LogP contribution < -0.4 is 10.6 Å². The SMILES string of the molecule is CCCNC(=O)N1C(C(=O)N2CCNCC2)C(c2ccc([N+](=O)[O-])cc2)C(C(=O)c2ccccc2)C1c1cccs1. The van der Waals surface area contributed by atoms with Crippen molar-refractivity contribution in [3.05, 3.63) is 98.2 Å². The smallest absolute Gasteiger partial charge is 0.318 e. The lowest BCUT2D eigenvalue weighted by Gasteiger charge is -2.36. The predicted molar refractivity (Wildman–Crippen MR) is 156 cm³/mol. The first-order chi connectivity index (χ1) is 19.9. The van der Waals surface area contributed by atoms with E-state index in [1.807, 2.05) is 30.5 Å². The van der Waals surface area contributed by atoms with Gasteiger partial charge < -0.3 is 20.4 Å². The van der Waals surface area contributed by atoms with Crippen LogP contribution in [-0.2, 0) is 4.79 Å². The fourth-order valence-corrected chi connectivity index (χ4v) is 6.79. The molecular formula is C30H33N5O5S. The van der Waals surface area contributed by atoms with E-state index in [1.165, 1.54) is 23.5 Å². The van der Waals surface area contributed by atoms with Crippen LogP contribution in [0.4, 0.5) is 10.5 Å². The van der Waals surface area contributed by atoms with Gasteiger partial charge in [-0.05, 0) is 23.4 Å². The van der Waals surface area contributed by atoms with Crippen LogP contribution in [-0.4, -0.2) is 71.2 Å². The highest BCUT2D eigenvalue weighted by atomic mass is 32.1. The maximum absolute atomic E-state index is 14.4. The molecule has 0 saturated carbocycles. The van der Waals surface area contributed by atoms with Crippen LogP contribution in [0.5, 0.6) is 0 Å². The molecule has 3 amide bonds. The molecule has 2 aliphatic rings. The largest absolute Gasteiger partial charge is 0.338 e. The van der Waals surface area contributed by atoms with Gasteiger partial charge in [0.1, 0.15) is 6.04 Å². The molecule has 5 rings (SSSR count). The number of carbonyl (C=O) groups is 3. The molecule has 3 heterocycles. The van der Waals surface area contributed by atoms with Crippen LogP contribution in [0.25, 0.3) is 0 Å². The quantitative estimate of drug-likeness (QED) is 0.236. The van der Waals surface area contributed by atoms with Crippen LogP contribution in [0.2, 0.25) is 0 Å². The normalized spacial score (nSPS) is 22.4. The van der Waals surface area contributed by atoms with Crippen LogP contribution in [0.3, 0.4) is 0 Å². The van der Waals surface area contributed by atoms with E-state index in [0.717, 1.165) is 4.88 Å². The highest BCUT2D eigenvalue weighted by molar-refractivity contribution is 7.10. The molecule has 0 bridgehead atoms. The van der Waals surface area contributed by atoms with Gasteiger partial charge in [0.15, 0.2) is 5.78 Å². The first kappa shape index (κ1) is 28.4. The number of nitro groups is 1. The van der Waals surface area contributed by atoms with Gasteiger partial charge in [-0.1, -0.05) is 55.5 Å². The highest BCUT2D eigenvalue weighted by Gasteiger charge is 2.58. The molecule has 2 fully saturated rings. The molecule has 1 aromatic heterocycles. The summed E-state index contributed by atoms with van der Waals surface area (Å²) in [5.41, 5.74) is 0.996. The fourth-order valence-electron chi connectivity index (χ4n) is 5.92. The van der Waals surface area contributed by atoms with Crippen molar-refractivity contribution < 1.29 is 19.3 Å². The van der Waals surface area contributed by atoms with E-state index in [9.17, 15) is 24.5 Å². The highest BCUT2D eigenvalue weighted by Crippen LogP contribution is 2.52. The van der Waals surface area contributed by atoms with Crippen molar-refractivity contribution in [3.8, 4) is 0 Å².